The zero-order chi connectivity index (χ0) is 2.71. The Labute approximate surface area is 69.6 Å². The van der Waals surface area contributed by atoms with Crippen molar-refractivity contribution in [3.8, 4) is 0 Å². The topological polar surface area (TPSA) is 126 Å². The smallest absolute Gasteiger partial charge is 0.870 e. The van der Waals surface area contributed by atoms with Crippen LogP contribution in [0.2, 0.25) is 0 Å². The molecule has 0 aromatic heterocycles. The van der Waals surface area contributed by atoms with Gasteiger partial charge in [0, 0.05) is 0 Å². The number of carbonyl (C=O) groups excluding carboxylic acids is 2. The fraction of sp³-hybridized carbons (Fsp3) is 0. The van der Waals surface area contributed by atoms with E-state index < -0.39 is 0 Å². The Morgan fingerprint density at radius 2 is 1.00 bits per heavy atom. The summed E-state index contributed by atoms with van der Waals surface area (Å²) >= 11 is 0. The van der Waals surface area contributed by atoms with Crippen LogP contribution in [-0.2, 0) is 9.59 Å². The second-order valence-corrected chi connectivity index (χ2v) is 0.0833. The summed E-state index contributed by atoms with van der Waals surface area (Å²) in [5.74, 6) is 0. The van der Waals surface area contributed by atoms with Gasteiger partial charge in [0.15, 0.2) is 0 Å². The summed E-state index contributed by atoms with van der Waals surface area (Å²) in [6.07, 6.45) is 0.250. The number of rotatable bonds is 0. The van der Waals surface area contributed by atoms with Crippen LogP contribution >= 0.6 is 0 Å². The van der Waals surface area contributed by atoms with Crippen LogP contribution in [0.4, 0.5) is 0 Å². The van der Waals surface area contributed by atoms with Crippen LogP contribution in [0.3, 0.4) is 0 Å². The van der Waals surface area contributed by atoms with E-state index in [-0.39, 0.29) is 60.3 Å². The first-order valence-corrected chi connectivity index (χ1v) is 0.408. The number of hydrogen-bond donors (Lipinski definition) is 0. The van der Waals surface area contributed by atoms with Crippen molar-refractivity contribution in [1.82, 2.24) is 0 Å². The molecule has 0 saturated carbocycles. The molecule has 0 amide bonds. The minimum Gasteiger partial charge on any atom is -0.870 e. The van der Waals surface area contributed by atoms with E-state index in [1.54, 1.807) is 0 Å². The van der Waals surface area contributed by atoms with E-state index in [9.17, 15) is 0 Å². The molecular weight excluding hydrogens is 132 g/mol. The first-order chi connectivity index (χ1) is 1.41. The zero-order valence-electron chi connectivity index (χ0n) is 3.42. The summed E-state index contributed by atoms with van der Waals surface area (Å²) in [6, 6.07) is 0. The van der Waals surface area contributed by atoms with Crippen LogP contribution in [-0.4, -0.2) is 60.3 Å². The van der Waals surface area contributed by atoms with Crippen molar-refractivity contribution in [2.45, 2.75) is 0 Å². The molecule has 0 aliphatic rings. The molecule has 0 spiro atoms. The van der Waals surface area contributed by atoms with Crippen molar-refractivity contribution in [3.63, 3.8) is 0 Å². The summed E-state index contributed by atoms with van der Waals surface area (Å²) in [5.41, 5.74) is 0. The van der Waals surface area contributed by atoms with Crippen LogP contribution in [0.5, 0.6) is 0 Å². The van der Waals surface area contributed by atoms with Crippen molar-refractivity contribution in [1.29, 1.82) is 0 Å². The normalized spacial score (nSPS) is 1.14. The van der Waals surface area contributed by atoms with Crippen LogP contribution in [0.1, 0.15) is 0 Å². The van der Waals surface area contributed by atoms with Gasteiger partial charge in [0.25, 0.3) is 0 Å². The van der Waals surface area contributed by atoms with Crippen LogP contribution in [0, 0.1) is 0 Å². The maximum atomic E-state index is 8.12. The molecule has 0 aliphatic heterocycles. The number of hydrogen-bond acceptors (Lipinski definition) is 4. The third-order valence-corrected chi connectivity index (χ3v) is 0. The first-order valence-electron chi connectivity index (χ1n) is 0.408. The molecule has 0 heterocycles. The van der Waals surface area contributed by atoms with Crippen molar-refractivity contribution in [2.24, 2.45) is 0 Å². The molecule has 0 saturated heterocycles. The van der Waals surface area contributed by atoms with E-state index in [1.807, 2.05) is 0 Å². The molecule has 0 aliphatic carbocycles. The Bertz CT molecular complexity index is 29.1. The van der Waals surface area contributed by atoms with Gasteiger partial charge in [-0.15, -0.1) is 0 Å². The zero-order valence-corrected chi connectivity index (χ0v) is 5.63. The van der Waals surface area contributed by atoms with Gasteiger partial charge in [-0.25, -0.2) is 0 Å². The van der Waals surface area contributed by atoms with Gasteiger partial charge < -0.3 is 16.4 Å². The summed E-state index contributed by atoms with van der Waals surface area (Å²) in [4.78, 5) is 16.2. The maximum absolute atomic E-state index is 8.12. The molecule has 4 N–H and O–H groups in total. The minimum absolute atomic E-state index is 0. The summed E-state index contributed by atoms with van der Waals surface area (Å²) in [6.45, 7) is 0. The van der Waals surface area contributed by atoms with E-state index in [1.165, 1.54) is 0 Å². The van der Waals surface area contributed by atoms with Crippen LogP contribution in [0.15, 0.2) is 0 Å². The molecule has 0 atom stereocenters. The molecule has 0 radical (unpaired) electrons. The molecule has 0 aromatic carbocycles. The van der Waals surface area contributed by atoms with Crippen LogP contribution < -0.4 is 0 Å². The molecule has 0 rings (SSSR count). The summed E-state index contributed by atoms with van der Waals surface area (Å²) in [7, 11) is 0. The van der Waals surface area contributed by atoms with Crippen molar-refractivity contribution >= 4 is 43.9 Å². The maximum Gasteiger partial charge on any atom is 2.00 e. The SMILES string of the molecule is O.O=C=O.[Ca+2].[OH-].[OH-]. The molecule has 7 heavy (non-hydrogen) atoms. The monoisotopic (exact) mass is 136 g/mol. The summed E-state index contributed by atoms with van der Waals surface area (Å²) in [5, 5.41) is 0. The Hall–Kier alpha value is 0.520. The van der Waals surface area contributed by atoms with Crippen LogP contribution in [0.25, 0.3) is 0 Å². The first kappa shape index (κ1) is 50.3. The predicted molar refractivity (Wildman–Crippen MR) is 18.2 cm³/mol. The van der Waals surface area contributed by atoms with Gasteiger partial charge in [0.05, 0.1) is 0 Å². The minimum atomic E-state index is 0. The quantitative estimate of drug-likeness (QED) is 0.352. The van der Waals surface area contributed by atoms with Gasteiger partial charge in [-0.05, 0) is 0 Å². The largest absolute Gasteiger partial charge is 2.00 e. The van der Waals surface area contributed by atoms with Crippen molar-refractivity contribution in [3.05, 3.63) is 0 Å². The van der Waals surface area contributed by atoms with E-state index in [4.69, 9.17) is 9.59 Å². The second-order valence-electron chi connectivity index (χ2n) is 0.0833. The fourth-order valence-corrected chi connectivity index (χ4v) is 0. The molecule has 40 valence electrons. The average molecular weight is 136 g/mol. The van der Waals surface area contributed by atoms with Gasteiger partial charge in [-0.2, -0.15) is 9.59 Å². The summed E-state index contributed by atoms with van der Waals surface area (Å²) < 4.78 is 0. The third-order valence-electron chi connectivity index (χ3n) is 0. The standard InChI is InChI=1S/CO2.Ca.3H2O/c2-1-3;;;;/h;;3*1H2/q;+2;;;/p-2. The Morgan fingerprint density at radius 3 is 1.00 bits per heavy atom. The molecule has 0 bridgehead atoms. The van der Waals surface area contributed by atoms with Gasteiger partial charge >= 0.3 is 43.9 Å². The van der Waals surface area contributed by atoms with E-state index in [0.29, 0.717) is 0 Å². The van der Waals surface area contributed by atoms with Gasteiger partial charge in [-0.1, -0.05) is 0 Å². The molecule has 0 aromatic rings. The molecular formula is CH4CaO5. The van der Waals surface area contributed by atoms with E-state index in [2.05, 4.69) is 0 Å². The molecule has 0 unspecified atom stereocenters. The third kappa shape index (κ3) is 493. The van der Waals surface area contributed by atoms with Crippen molar-refractivity contribution < 1.29 is 26.0 Å². The average Bonchev–Trinajstić information content (AvgIpc) is 0.918. The molecule has 0 fully saturated rings. The van der Waals surface area contributed by atoms with E-state index in [0.717, 1.165) is 0 Å². The predicted octanol–water partition coefficient (Wildman–Crippen LogP) is -2.14. The fourth-order valence-electron chi connectivity index (χ4n) is 0. The van der Waals surface area contributed by atoms with Gasteiger partial charge in [0.2, 0.25) is 0 Å². The Balaban J connectivity index is -0.00000000333. The van der Waals surface area contributed by atoms with E-state index >= 15 is 0 Å². The second kappa shape index (κ2) is 86.0. The molecule has 5 nitrogen and oxygen atoms in total. The van der Waals surface area contributed by atoms with Crippen molar-refractivity contribution in [2.75, 3.05) is 0 Å². The van der Waals surface area contributed by atoms with Gasteiger partial charge in [-0.3, -0.25) is 0 Å². The van der Waals surface area contributed by atoms with Gasteiger partial charge in [0.1, 0.15) is 0 Å². The molecule has 6 heteroatoms. The Morgan fingerprint density at radius 1 is 1.00 bits per heavy atom. The Kier molecular flexibility index (Phi) is 619.